The van der Waals surface area contributed by atoms with Crippen molar-refractivity contribution in [2.75, 3.05) is 4.90 Å². The van der Waals surface area contributed by atoms with Crippen molar-refractivity contribution in [2.45, 2.75) is 0 Å². The van der Waals surface area contributed by atoms with Gasteiger partial charge < -0.3 is 18.5 Å². The molecule has 4 nitrogen and oxygen atoms in total. The Balaban J connectivity index is 1.12. The summed E-state index contributed by atoms with van der Waals surface area (Å²) in [5, 5.41) is 7.04. The van der Waals surface area contributed by atoms with E-state index in [1.165, 1.54) is 21.5 Å². The van der Waals surface area contributed by atoms with Gasteiger partial charge in [-0.2, -0.15) is 0 Å². The molecule has 0 fully saturated rings. The predicted octanol–water partition coefficient (Wildman–Crippen LogP) is 14.5. The maximum Gasteiger partial charge on any atom is 0.137 e. The highest BCUT2D eigenvalue weighted by Crippen LogP contribution is 2.45. The van der Waals surface area contributed by atoms with Crippen LogP contribution in [0.1, 0.15) is 11.1 Å². The molecule has 1 aliphatic heterocycles. The molecular weight excluding hydrogens is 707 g/mol. The van der Waals surface area contributed by atoms with Gasteiger partial charge in [0.1, 0.15) is 11.2 Å². The molecule has 4 heteroatoms. The molecule has 8 aromatic carbocycles. The van der Waals surface area contributed by atoms with Crippen molar-refractivity contribution >= 4 is 88.1 Å². The van der Waals surface area contributed by atoms with Gasteiger partial charge in [-0.15, -0.1) is 0 Å². The van der Waals surface area contributed by atoms with Gasteiger partial charge in [0.15, 0.2) is 0 Å². The van der Waals surface area contributed by atoms with Gasteiger partial charge >= 0.3 is 0 Å². The third-order valence-corrected chi connectivity index (χ3v) is 11.8. The molecule has 0 saturated carbocycles. The minimum Gasteiger partial charge on any atom is -0.456 e. The molecule has 11 aromatic rings. The topological polar surface area (TPSA) is 26.2 Å². The minimum atomic E-state index is 0.884. The molecule has 0 N–H and O–H groups in total. The molecule has 272 valence electrons. The van der Waals surface area contributed by atoms with Gasteiger partial charge in [0.2, 0.25) is 0 Å². The van der Waals surface area contributed by atoms with Crippen molar-refractivity contribution in [3.05, 3.63) is 218 Å². The van der Waals surface area contributed by atoms with Crippen LogP contribution in [0.2, 0.25) is 0 Å². The number of anilines is 2. The number of rotatable bonds is 4. The van der Waals surface area contributed by atoms with Gasteiger partial charge in [0.25, 0.3) is 0 Å². The number of nitrogens with zero attached hydrogens (tertiary/aromatic N) is 3. The summed E-state index contributed by atoms with van der Waals surface area (Å²) in [6, 6.07) is 64.8. The first-order valence-electron chi connectivity index (χ1n) is 19.7. The number of fused-ring (bicyclic) bond motifs is 11. The van der Waals surface area contributed by atoms with E-state index in [4.69, 9.17) is 11.0 Å². The number of para-hydroxylation sites is 5. The summed E-state index contributed by atoms with van der Waals surface area (Å²) in [5.41, 5.74) is 14.9. The van der Waals surface area contributed by atoms with E-state index in [0.29, 0.717) is 0 Å². The fraction of sp³-hybridized carbons (Fsp3) is 0. The van der Waals surface area contributed by atoms with Gasteiger partial charge in [-0.1, -0.05) is 116 Å². The van der Waals surface area contributed by atoms with E-state index in [1.807, 2.05) is 12.1 Å². The average Bonchev–Trinajstić information content (AvgIpc) is 3.92. The zero-order valence-electron chi connectivity index (χ0n) is 31.5. The quantitative estimate of drug-likeness (QED) is 0.180. The fourth-order valence-corrected chi connectivity index (χ4v) is 9.22. The second kappa shape index (κ2) is 12.6. The largest absolute Gasteiger partial charge is 0.456 e. The first-order chi connectivity index (χ1) is 28.7. The van der Waals surface area contributed by atoms with Crippen LogP contribution in [0.25, 0.3) is 88.1 Å². The molecule has 0 aliphatic carbocycles. The predicted molar refractivity (Wildman–Crippen MR) is 244 cm³/mol. The summed E-state index contributed by atoms with van der Waals surface area (Å²) < 4.78 is 11.2. The second-order valence-electron chi connectivity index (χ2n) is 15.1. The van der Waals surface area contributed by atoms with Crippen LogP contribution in [0.4, 0.5) is 11.4 Å². The fourth-order valence-electron chi connectivity index (χ4n) is 9.22. The summed E-state index contributed by atoms with van der Waals surface area (Å²) in [4.78, 5) is 2.30. The Kier molecular flexibility index (Phi) is 7.05. The molecule has 0 saturated heterocycles. The lowest BCUT2D eigenvalue weighted by Gasteiger charge is -2.27. The van der Waals surface area contributed by atoms with Gasteiger partial charge in [0, 0.05) is 67.2 Å². The van der Waals surface area contributed by atoms with E-state index in [0.717, 1.165) is 89.0 Å². The van der Waals surface area contributed by atoms with Crippen LogP contribution in [0, 0.1) is 0 Å². The van der Waals surface area contributed by atoms with E-state index in [-0.39, 0.29) is 0 Å². The summed E-state index contributed by atoms with van der Waals surface area (Å²) in [7, 11) is 0. The SMILES string of the molecule is C=C1/C=C(c2ccc3c4cc5c(cc4n(-c4ccccc4)c3c2)oc2ccccc25)\C=C/N(c2ccccc2)c2ccc3c4ccccc4n(-c4ccccc4)c3c21. The highest BCUT2D eigenvalue weighted by molar-refractivity contribution is 6.19. The summed E-state index contributed by atoms with van der Waals surface area (Å²) in [6.45, 7) is 4.86. The third kappa shape index (κ3) is 4.82. The molecular formula is C54H35N3O. The zero-order valence-corrected chi connectivity index (χ0v) is 31.5. The molecule has 0 atom stereocenters. The Hall–Kier alpha value is -7.82. The first-order valence-corrected chi connectivity index (χ1v) is 19.7. The van der Waals surface area contributed by atoms with Crippen LogP contribution < -0.4 is 4.90 Å². The Morgan fingerprint density at radius 2 is 1.05 bits per heavy atom. The van der Waals surface area contributed by atoms with Gasteiger partial charge in [-0.05, 0) is 95.6 Å². The maximum atomic E-state index is 6.42. The van der Waals surface area contributed by atoms with Crippen molar-refractivity contribution in [3.8, 4) is 11.4 Å². The van der Waals surface area contributed by atoms with Crippen LogP contribution >= 0.6 is 0 Å². The van der Waals surface area contributed by atoms with Crippen LogP contribution in [0.15, 0.2) is 211 Å². The van der Waals surface area contributed by atoms with Gasteiger partial charge in [-0.3, -0.25) is 0 Å². The summed E-state index contributed by atoms with van der Waals surface area (Å²) in [6.07, 6.45) is 6.71. The maximum absolute atomic E-state index is 6.42. The molecule has 12 rings (SSSR count). The van der Waals surface area contributed by atoms with Gasteiger partial charge in [0.05, 0.1) is 27.8 Å². The molecule has 0 amide bonds. The number of benzene rings is 8. The van der Waals surface area contributed by atoms with E-state index in [2.05, 4.69) is 202 Å². The molecule has 0 bridgehead atoms. The Morgan fingerprint density at radius 3 is 1.83 bits per heavy atom. The van der Waals surface area contributed by atoms with Crippen LogP contribution in [0.3, 0.4) is 0 Å². The molecule has 0 spiro atoms. The average molecular weight is 742 g/mol. The summed E-state index contributed by atoms with van der Waals surface area (Å²) in [5.74, 6) is 0. The number of aromatic nitrogens is 2. The van der Waals surface area contributed by atoms with E-state index in [9.17, 15) is 0 Å². The Bertz CT molecular complexity index is 3510. The lowest BCUT2D eigenvalue weighted by molar-refractivity contribution is 0.669. The Morgan fingerprint density at radius 1 is 0.431 bits per heavy atom. The lowest BCUT2D eigenvalue weighted by atomic mass is 9.94. The summed E-state index contributed by atoms with van der Waals surface area (Å²) >= 11 is 0. The van der Waals surface area contributed by atoms with Crippen molar-refractivity contribution in [3.63, 3.8) is 0 Å². The normalized spacial score (nSPS) is 14.7. The minimum absolute atomic E-state index is 0.884. The van der Waals surface area contributed by atoms with Crippen molar-refractivity contribution in [2.24, 2.45) is 0 Å². The third-order valence-electron chi connectivity index (χ3n) is 11.8. The number of hydrogen-bond acceptors (Lipinski definition) is 2. The van der Waals surface area contributed by atoms with Crippen LogP contribution in [-0.4, -0.2) is 9.13 Å². The molecule has 3 aromatic heterocycles. The Labute approximate surface area is 334 Å². The first kappa shape index (κ1) is 32.4. The van der Waals surface area contributed by atoms with Crippen molar-refractivity contribution in [1.29, 1.82) is 0 Å². The number of allylic oxidation sites excluding steroid dienone is 4. The molecule has 1 aliphatic rings. The van der Waals surface area contributed by atoms with Crippen LogP contribution in [-0.2, 0) is 0 Å². The van der Waals surface area contributed by atoms with Crippen molar-refractivity contribution < 1.29 is 4.42 Å². The monoisotopic (exact) mass is 741 g/mol. The number of hydrogen-bond donors (Lipinski definition) is 0. The number of furan rings is 1. The van der Waals surface area contributed by atoms with E-state index < -0.39 is 0 Å². The van der Waals surface area contributed by atoms with E-state index in [1.54, 1.807) is 0 Å². The molecule has 58 heavy (non-hydrogen) atoms. The highest BCUT2D eigenvalue weighted by atomic mass is 16.3. The highest BCUT2D eigenvalue weighted by Gasteiger charge is 2.24. The van der Waals surface area contributed by atoms with Crippen LogP contribution in [0.5, 0.6) is 0 Å². The van der Waals surface area contributed by atoms with Gasteiger partial charge in [-0.25, -0.2) is 0 Å². The molecule has 0 unspecified atom stereocenters. The second-order valence-corrected chi connectivity index (χ2v) is 15.1. The standard InChI is InChI=1S/C54H35N3O/c1-35-31-37(36-25-26-42-45-33-46-43-22-12-14-24-51(43)58-52(46)34-50(45)56(49(42)32-36)39-17-7-3-8-18-39)29-30-55(38-15-5-2-6-16-38)48-28-27-44-41-21-11-13-23-47(41)57(54(44)53(35)48)40-19-9-4-10-20-40/h2-34H,1H2/b30-29-,37-31+. The smallest absolute Gasteiger partial charge is 0.137 e. The van der Waals surface area contributed by atoms with Crippen molar-refractivity contribution in [1.82, 2.24) is 9.13 Å². The van der Waals surface area contributed by atoms with E-state index >= 15 is 0 Å². The lowest BCUT2D eigenvalue weighted by Crippen LogP contribution is -2.12. The molecule has 0 radical (unpaired) electrons. The molecule has 4 heterocycles. The zero-order chi connectivity index (χ0) is 38.3.